The van der Waals surface area contributed by atoms with Gasteiger partial charge in [-0.3, -0.25) is 4.90 Å². The van der Waals surface area contributed by atoms with Gasteiger partial charge in [-0.05, 0) is 44.0 Å². The van der Waals surface area contributed by atoms with E-state index < -0.39 is 0 Å². The highest BCUT2D eigenvalue weighted by atomic mass is 16.5. The lowest BCUT2D eigenvalue weighted by Crippen LogP contribution is -2.41. The molecule has 0 aliphatic carbocycles. The number of benzene rings is 1. The van der Waals surface area contributed by atoms with Crippen LogP contribution in [0.15, 0.2) is 18.2 Å². The van der Waals surface area contributed by atoms with Crippen LogP contribution < -0.4 is 4.74 Å². The van der Waals surface area contributed by atoms with Crippen LogP contribution in [-0.4, -0.2) is 35.7 Å². The highest BCUT2D eigenvalue weighted by Crippen LogP contribution is 2.35. The number of phenols is 1. The Morgan fingerprint density at radius 1 is 1.25 bits per heavy atom. The summed E-state index contributed by atoms with van der Waals surface area (Å²) in [6.45, 7) is 3.11. The number of rotatable bonds is 1. The number of likely N-dealkylation sites (tertiary alicyclic amines) is 1. The molecule has 1 aromatic carbocycles. The first-order valence-corrected chi connectivity index (χ1v) is 6.02. The molecule has 2 aliphatic rings. The summed E-state index contributed by atoms with van der Waals surface area (Å²) in [6.07, 6.45) is 3.62. The minimum absolute atomic E-state index is 0.275. The third-order valence-electron chi connectivity index (χ3n) is 3.61. The maximum Gasteiger partial charge on any atom is 0.164 e. The minimum Gasteiger partial charge on any atom is -0.504 e. The molecule has 3 rings (SSSR count). The second-order valence-electron chi connectivity index (χ2n) is 4.68. The molecule has 2 heterocycles. The van der Waals surface area contributed by atoms with Crippen LogP contribution in [0.5, 0.6) is 11.5 Å². The smallest absolute Gasteiger partial charge is 0.164 e. The van der Waals surface area contributed by atoms with Gasteiger partial charge in [-0.15, -0.1) is 0 Å². The van der Waals surface area contributed by atoms with Crippen molar-refractivity contribution in [3.05, 3.63) is 23.8 Å². The van der Waals surface area contributed by atoms with Gasteiger partial charge < -0.3 is 9.84 Å². The topological polar surface area (TPSA) is 32.7 Å². The van der Waals surface area contributed by atoms with E-state index in [2.05, 4.69) is 11.0 Å². The first-order valence-electron chi connectivity index (χ1n) is 6.02. The van der Waals surface area contributed by atoms with Crippen molar-refractivity contribution >= 4 is 0 Å². The summed E-state index contributed by atoms with van der Waals surface area (Å²) in [4.78, 5) is 2.51. The number of hydrogen-bond acceptors (Lipinski definition) is 3. The third kappa shape index (κ3) is 1.65. The number of aromatic hydroxyl groups is 1. The number of nitrogens with zero attached hydrogens (tertiary/aromatic N) is 1. The summed E-state index contributed by atoms with van der Waals surface area (Å²) < 4.78 is 5.69. The van der Waals surface area contributed by atoms with Crippen LogP contribution >= 0.6 is 0 Å². The van der Waals surface area contributed by atoms with Crippen LogP contribution in [0.25, 0.3) is 0 Å². The molecule has 2 aliphatic heterocycles. The number of phenolic OH excluding ortho intramolecular Hbond substituents is 1. The van der Waals surface area contributed by atoms with Gasteiger partial charge in [-0.2, -0.15) is 0 Å². The van der Waals surface area contributed by atoms with Crippen LogP contribution in [0.3, 0.4) is 0 Å². The first kappa shape index (κ1) is 9.97. The fourth-order valence-corrected chi connectivity index (χ4v) is 2.73. The molecule has 3 heteroatoms. The molecular formula is C13H17NO2. The van der Waals surface area contributed by atoms with Crippen molar-refractivity contribution in [2.45, 2.75) is 25.3 Å². The van der Waals surface area contributed by atoms with Crippen molar-refractivity contribution in [2.75, 3.05) is 19.7 Å². The molecule has 1 fully saturated rings. The molecule has 0 bridgehead atoms. The summed E-state index contributed by atoms with van der Waals surface area (Å²) in [5, 5.41) is 9.67. The molecule has 1 N–H and O–H groups in total. The van der Waals surface area contributed by atoms with E-state index in [0.717, 1.165) is 12.0 Å². The number of ether oxygens (including phenoxy) is 1. The van der Waals surface area contributed by atoms with Gasteiger partial charge in [0.05, 0.1) is 0 Å². The van der Waals surface area contributed by atoms with Crippen molar-refractivity contribution in [3.8, 4) is 11.5 Å². The van der Waals surface area contributed by atoms with Gasteiger partial charge in [-0.1, -0.05) is 12.1 Å². The predicted octanol–water partition coefficient (Wildman–Crippen LogP) is 1.79. The van der Waals surface area contributed by atoms with Crippen LogP contribution in [-0.2, 0) is 6.42 Å². The molecule has 86 valence electrons. The van der Waals surface area contributed by atoms with Gasteiger partial charge in [0.1, 0.15) is 6.61 Å². The largest absolute Gasteiger partial charge is 0.504 e. The van der Waals surface area contributed by atoms with E-state index in [0.29, 0.717) is 18.4 Å². The molecule has 1 aromatic rings. The number of hydrogen-bond donors (Lipinski definition) is 1. The van der Waals surface area contributed by atoms with Gasteiger partial charge in [0.25, 0.3) is 0 Å². The zero-order valence-corrected chi connectivity index (χ0v) is 9.35. The Morgan fingerprint density at radius 2 is 2.06 bits per heavy atom. The number of para-hydroxylation sites is 1. The average molecular weight is 219 g/mol. The van der Waals surface area contributed by atoms with Gasteiger partial charge in [-0.25, -0.2) is 0 Å². The minimum atomic E-state index is 0.275. The van der Waals surface area contributed by atoms with Gasteiger partial charge in [0.2, 0.25) is 0 Å². The third-order valence-corrected chi connectivity index (χ3v) is 3.61. The summed E-state index contributed by atoms with van der Waals surface area (Å²) in [6, 6.07) is 6.13. The Kier molecular flexibility index (Phi) is 2.48. The van der Waals surface area contributed by atoms with Crippen LogP contribution in [0, 0.1) is 0 Å². The van der Waals surface area contributed by atoms with E-state index in [9.17, 15) is 5.11 Å². The molecule has 1 saturated heterocycles. The second-order valence-corrected chi connectivity index (χ2v) is 4.68. The Labute approximate surface area is 95.6 Å². The van der Waals surface area contributed by atoms with Crippen molar-refractivity contribution in [3.63, 3.8) is 0 Å². The second kappa shape index (κ2) is 3.98. The summed E-state index contributed by atoms with van der Waals surface area (Å²) in [5.74, 6) is 0.968. The lowest BCUT2D eigenvalue weighted by atomic mass is 10.0. The first-order chi connectivity index (χ1) is 7.84. The van der Waals surface area contributed by atoms with E-state index >= 15 is 0 Å². The molecule has 0 aromatic heterocycles. The normalized spacial score (nSPS) is 25.1. The van der Waals surface area contributed by atoms with Gasteiger partial charge >= 0.3 is 0 Å². The molecule has 1 atom stereocenters. The van der Waals surface area contributed by atoms with Crippen molar-refractivity contribution in [2.24, 2.45) is 0 Å². The van der Waals surface area contributed by atoms with E-state index in [-0.39, 0.29) is 5.75 Å². The van der Waals surface area contributed by atoms with Gasteiger partial charge in [0, 0.05) is 6.04 Å². The SMILES string of the molecule is Oc1cccc2c1OCC(N1CCCC1)C2. The quantitative estimate of drug-likeness (QED) is 0.781. The zero-order valence-electron chi connectivity index (χ0n) is 9.35. The van der Waals surface area contributed by atoms with E-state index in [1.165, 1.54) is 25.9 Å². The van der Waals surface area contributed by atoms with Crippen molar-refractivity contribution < 1.29 is 9.84 Å². The molecule has 0 spiro atoms. The highest BCUT2D eigenvalue weighted by Gasteiger charge is 2.28. The Morgan fingerprint density at radius 3 is 2.88 bits per heavy atom. The zero-order chi connectivity index (χ0) is 11.0. The predicted molar refractivity (Wildman–Crippen MR) is 61.9 cm³/mol. The van der Waals surface area contributed by atoms with Crippen LogP contribution in [0.4, 0.5) is 0 Å². The van der Waals surface area contributed by atoms with Crippen molar-refractivity contribution in [1.29, 1.82) is 0 Å². The Bertz CT molecular complexity index is 386. The van der Waals surface area contributed by atoms with E-state index in [1.807, 2.05) is 6.07 Å². The van der Waals surface area contributed by atoms with E-state index in [4.69, 9.17) is 4.74 Å². The maximum atomic E-state index is 9.67. The van der Waals surface area contributed by atoms with Gasteiger partial charge in [0.15, 0.2) is 11.5 Å². The lowest BCUT2D eigenvalue weighted by Gasteiger charge is -2.32. The Balaban J connectivity index is 1.80. The van der Waals surface area contributed by atoms with Crippen LogP contribution in [0.1, 0.15) is 18.4 Å². The average Bonchev–Trinajstić information content (AvgIpc) is 2.82. The fourth-order valence-electron chi connectivity index (χ4n) is 2.73. The molecule has 1 unspecified atom stereocenters. The van der Waals surface area contributed by atoms with Crippen LogP contribution in [0.2, 0.25) is 0 Å². The standard InChI is InChI=1S/C13H17NO2/c15-12-5-3-4-10-8-11(9-16-13(10)12)14-6-1-2-7-14/h3-5,11,15H,1-2,6-9H2. The fraction of sp³-hybridized carbons (Fsp3) is 0.538. The lowest BCUT2D eigenvalue weighted by molar-refractivity contribution is 0.139. The molecule has 16 heavy (non-hydrogen) atoms. The summed E-state index contributed by atoms with van der Waals surface area (Å²) >= 11 is 0. The molecule has 0 radical (unpaired) electrons. The maximum absolute atomic E-state index is 9.67. The monoisotopic (exact) mass is 219 g/mol. The molecule has 3 nitrogen and oxygen atoms in total. The highest BCUT2D eigenvalue weighted by molar-refractivity contribution is 5.47. The van der Waals surface area contributed by atoms with E-state index in [1.54, 1.807) is 6.07 Å². The molecular weight excluding hydrogens is 202 g/mol. The summed E-state index contributed by atoms with van der Waals surface area (Å²) in [5.41, 5.74) is 1.14. The number of fused-ring (bicyclic) bond motifs is 1. The molecule has 0 saturated carbocycles. The Hall–Kier alpha value is -1.22. The summed E-state index contributed by atoms with van der Waals surface area (Å²) in [7, 11) is 0. The molecule has 0 amide bonds. The van der Waals surface area contributed by atoms with Crippen molar-refractivity contribution in [1.82, 2.24) is 4.90 Å².